The number of para-hydroxylation sites is 1. The maximum absolute atomic E-state index is 12.9. The Hall–Kier alpha value is -2.64. The van der Waals surface area contributed by atoms with Crippen LogP contribution < -0.4 is 10.9 Å². The minimum absolute atomic E-state index is 0.0218. The van der Waals surface area contributed by atoms with E-state index in [1.165, 1.54) is 11.8 Å². The van der Waals surface area contributed by atoms with Gasteiger partial charge in [0, 0.05) is 18.8 Å². The number of hydrogen-bond acceptors (Lipinski definition) is 5. The summed E-state index contributed by atoms with van der Waals surface area (Å²) in [6, 6.07) is 13.1. The second-order valence-electron chi connectivity index (χ2n) is 7.01. The third-order valence-corrected chi connectivity index (χ3v) is 5.76. The molecule has 3 rings (SSSR count). The van der Waals surface area contributed by atoms with E-state index in [0.717, 1.165) is 16.8 Å². The summed E-state index contributed by atoms with van der Waals surface area (Å²) in [7, 11) is 0. The SMILES string of the molecule is Cc1ccc(C)c(NC(=O)C(C)Sc2nc3ccccc3c(=O)n2CCCO)c1. The summed E-state index contributed by atoms with van der Waals surface area (Å²) < 4.78 is 1.55. The van der Waals surface area contributed by atoms with Gasteiger partial charge in [0.25, 0.3) is 5.56 Å². The Kier molecular flexibility index (Phi) is 6.71. The number of carbonyl (C=O) groups is 1. The standard InChI is InChI=1S/C22H25N3O3S/c1-14-9-10-15(2)19(13-14)23-20(27)16(3)29-22-24-18-8-5-4-7-17(18)21(28)25(22)11-6-12-26/h4-5,7-10,13,16,26H,6,11-12H2,1-3H3,(H,23,27). The molecule has 7 heteroatoms. The van der Waals surface area contributed by atoms with Crippen LogP contribution in [-0.4, -0.2) is 32.4 Å². The number of nitrogens with zero attached hydrogens (tertiary/aromatic N) is 2. The van der Waals surface area contributed by atoms with Gasteiger partial charge >= 0.3 is 0 Å². The highest BCUT2D eigenvalue weighted by Gasteiger charge is 2.20. The van der Waals surface area contributed by atoms with Crippen molar-refractivity contribution in [3.63, 3.8) is 0 Å². The maximum atomic E-state index is 12.9. The fraction of sp³-hybridized carbons (Fsp3) is 0.318. The fourth-order valence-electron chi connectivity index (χ4n) is 2.98. The van der Waals surface area contributed by atoms with Crippen molar-refractivity contribution in [3.05, 3.63) is 63.9 Å². The van der Waals surface area contributed by atoms with E-state index in [2.05, 4.69) is 10.3 Å². The normalized spacial score (nSPS) is 12.1. The summed E-state index contributed by atoms with van der Waals surface area (Å²) in [6.45, 7) is 6.05. The van der Waals surface area contributed by atoms with Crippen molar-refractivity contribution in [2.45, 2.75) is 44.1 Å². The third-order valence-electron chi connectivity index (χ3n) is 4.67. The molecule has 0 aliphatic rings. The number of aliphatic hydroxyl groups excluding tert-OH is 1. The number of thioether (sulfide) groups is 1. The van der Waals surface area contributed by atoms with Crippen molar-refractivity contribution in [1.82, 2.24) is 9.55 Å². The van der Waals surface area contributed by atoms with Crippen LogP contribution in [-0.2, 0) is 11.3 Å². The summed E-state index contributed by atoms with van der Waals surface area (Å²) >= 11 is 1.25. The number of hydrogen-bond donors (Lipinski definition) is 2. The average molecular weight is 412 g/mol. The fourth-order valence-corrected chi connectivity index (χ4v) is 3.91. The maximum Gasteiger partial charge on any atom is 0.262 e. The Morgan fingerprint density at radius 1 is 1.24 bits per heavy atom. The Balaban J connectivity index is 1.88. The van der Waals surface area contributed by atoms with Gasteiger partial charge in [-0.1, -0.05) is 36.0 Å². The van der Waals surface area contributed by atoms with Crippen molar-refractivity contribution >= 4 is 34.3 Å². The molecule has 152 valence electrons. The Labute approximate surface area is 174 Å². The van der Waals surface area contributed by atoms with Crippen molar-refractivity contribution in [2.24, 2.45) is 0 Å². The molecular weight excluding hydrogens is 386 g/mol. The Morgan fingerprint density at radius 2 is 2.00 bits per heavy atom. The molecule has 6 nitrogen and oxygen atoms in total. The van der Waals surface area contributed by atoms with Gasteiger partial charge in [-0.05, 0) is 56.5 Å². The predicted molar refractivity (Wildman–Crippen MR) is 118 cm³/mol. The van der Waals surface area contributed by atoms with Gasteiger partial charge < -0.3 is 10.4 Å². The van der Waals surface area contributed by atoms with Gasteiger partial charge in [-0.3, -0.25) is 14.2 Å². The summed E-state index contributed by atoms with van der Waals surface area (Å²) in [5.41, 5.74) is 3.28. The molecule has 3 aromatic rings. The van der Waals surface area contributed by atoms with E-state index in [4.69, 9.17) is 0 Å². The first-order valence-electron chi connectivity index (χ1n) is 9.56. The quantitative estimate of drug-likeness (QED) is 0.459. The van der Waals surface area contributed by atoms with Gasteiger partial charge in [0.05, 0.1) is 16.2 Å². The average Bonchev–Trinajstić information content (AvgIpc) is 2.70. The van der Waals surface area contributed by atoms with Gasteiger partial charge in [0.2, 0.25) is 5.91 Å². The minimum Gasteiger partial charge on any atom is -0.396 e. The number of aromatic nitrogens is 2. The number of nitrogens with one attached hydrogen (secondary N) is 1. The molecule has 1 atom stereocenters. The molecule has 0 bridgehead atoms. The van der Waals surface area contributed by atoms with Crippen LogP contribution in [0.5, 0.6) is 0 Å². The zero-order chi connectivity index (χ0) is 21.0. The second kappa shape index (κ2) is 9.24. The molecule has 2 N–H and O–H groups in total. The molecule has 1 heterocycles. The van der Waals surface area contributed by atoms with Crippen LogP contribution >= 0.6 is 11.8 Å². The molecule has 0 spiro atoms. The number of fused-ring (bicyclic) bond motifs is 1. The van der Waals surface area contributed by atoms with Crippen molar-refractivity contribution in [3.8, 4) is 0 Å². The molecule has 0 aliphatic carbocycles. The van der Waals surface area contributed by atoms with E-state index < -0.39 is 5.25 Å². The first kappa shape index (κ1) is 21.1. The van der Waals surface area contributed by atoms with Crippen LogP contribution in [0, 0.1) is 13.8 Å². The largest absolute Gasteiger partial charge is 0.396 e. The molecule has 29 heavy (non-hydrogen) atoms. The van der Waals surface area contributed by atoms with Crippen LogP contribution in [0.15, 0.2) is 52.4 Å². The molecule has 1 amide bonds. The number of anilines is 1. The van der Waals surface area contributed by atoms with Gasteiger partial charge in [-0.2, -0.15) is 0 Å². The molecule has 0 aliphatic heterocycles. The molecule has 0 radical (unpaired) electrons. The highest BCUT2D eigenvalue weighted by molar-refractivity contribution is 8.00. The van der Waals surface area contributed by atoms with Gasteiger partial charge in [0.1, 0.15) is 0 Å². The second-order valence-corrected chi connectivity index (χ2v) is 8.32. The summed E-state index contributed by atoms with van der Waals surface area (Å²) in [6.07, 6.45) is 0.441. The monoisotopic (exact) mass is 411 g/mol. The minimum atomic E-state index is -0.455. The van der Waals surface area contributed by atoms with Crippen LogP contribution in [0.25, 0.3) is 10.9 Å². The topological polar surface area (TPSA) is 84.2 Å². The number of benzene rings is 2. The smallest absolute Gasteiger partial charge is 0.262 e. The molecular formula is C22H25N3O3S. The lowest BCUT2D eigenvalue weighted by Crippen LogP contribution is -2.27. The van der Waals surface area contributed by atoms with Crippen molar-refractivity contribution < 1.29 is 9.90 Å². The van der Waals surface area contributed by atoms with Gasteiger partial charge in [-0.15, -0.1) is 0 Å². The summed E-state index contributed by atoms with van der Waals surface area (Å²) in [4.78, 5) is 30.3. The number of carbonyl (C=O) groups excluding carboxylic acids is 1. The zero-order valence-electron chi connectivity index (χ0n) is 16.8. The molecule has 2 aromatic carbocycles. The lowest BCUT2D eigenvalue weighted by atomic mass is 10.1. The zero-order valence-corrected chi connectivity index (χ0v) is 17.6. The van der Waals surface area contributed by atoms with Crippen LogP contribution in [0.3, 0.4) is 0 Å². The van der Waals surface area contributed by atoms with E-state index in [-0.39, 0.29) is 18.1 Å². The lowest BCUT2D eigenvalue weighted by molar-refractivity contribution is -0.115. The Morgan fingerprint density at radius 3 is 2.76 bits per heavy atom. The number of aliphatic hydroxyl groups is 1. The number of rotatable bonds is 7. The highest BCUT2D eigenvalue weighted by Crippen LogP contribution is 2.25. The Bertz CT molecular complexity index is 1090. The molecule has 1 aromatic heterocycles. The van der Waals surface area contributed by atoms with Crippen LogP contribution in [0.1, 0.15) is 24.5 Å². The highest BCUT2D eigenvalue weighted by atomic mass is 32.2. The summed E-state index contributed by atoms with van der Waals surface area (Å²) in [5.74, 6) is -0.153. The third kappa shape index (κ3) is 4.86. The summed E-state index contributed by atoms with van der Waals surface area (Å²) in [5, 5.41) is 12.7. The van der Waals surface area contributed by atoms with Crippen molar-refractivity contribution in [1.29, 1.82) is 0 Å². The number of aryl methyl sites for hydroxylation is 2. The first-order valence-corrected chi connectivity index (χ1v) is 10.4. The molecule has 0 saturated heterocycles. The van der Waals surface area contributed by atoms with E-state index >= 15 is 0 Å². The first-order chi connectivity index (χ1) is 13.9. The van der Waals surface area contributed by atoms with Gasteiger partial charge in [-0.25, -0.2) is 4.98 Å². The van der Waals surface area contributed by atoms with Crippen LogP contribution in [0.4, 0.5) is 5.69 Å². The van der Waals surface area contributed by atoms with E-state index in [1.807, 2.05) is 38.1 Å². The van der Waals surface area contributed by atoms with E-state index in [9.17, 15) is 14.7 Å². The predicted octanol–water partition coefficient (Wildman–Crippen LogP) is 3.52. The van der Waals surface area contributed by atoms with E-state index in [0.29, 0.717) is 29.0 Å². The van der Waals surface area contributed by atoms with E-state index in [1.54, 1.807) is 29.7 Å². The number of amides is 1. The lowest BCUT2D eigenvalue weighted by Gasteiger charge is -2.17. The van der Waals surface area contributed by atoms with Crippen molar-refractivity contribution in [2.75, 3.05) is 11.9 Å². The van der Waals surface area contributed by atoms with Gasteiger partial charge in [0.15, 0.2) is 5.16 Å². The molecule has 1 unspecified atom stereocenters. The molecule has 0 saturated carbocycles. The van der Waals surface area contributed by atoms with Crippen LogP contribution in [0.2, 0.25) is 0 Å². The molecule has 0 fully saturated rings.